The highest BCUT2D eigenvalue weighted by Crippen LogP contribution is 2.34. The number of methoxy groups -OCH3 is 1. The Kier molecular flexibility index (Phi) is 6.32. The maximum absolute atomic E-state index is 11.3. The first-order chi connectivity index (χ1) is 16.6. The van der Waals surface area contributed by atoms with Crippen LogP contribution in [-0.4, -0.2) is 41.2 Å². The van der Waals surface area contributed by atoms with E-state index in [2.05, 4.69) is 68.3 Å². The summed E-state index contributed by atoms with van der Waals surface area (Å²) in [6.45, 7) is 3.99. The maximum Gasteiger partial charge on any atom is 0.330 e. The fourth-order valence-electron chi connectivity index (χ4n) is 4.95. The molecule has 6 nitrogen and oxygen atoms in total. The molecule has 1 aliphatic heterocycles. The van der Waals surface area contributed by atoms with E-state index in [0.717, 1.165) is 54.2 Å². The second kappa shape index (κ2) is 9.69. The molecule has 3 heterocycles. The highest BCUT2D eigenvalue weighted by Gasteiger charge is 2.26. The van der Waals surface area contributed by atoms with Gasteiger partial charge in [-0.2, -0.15) is 0 Å². The number of aromatic amines is 1. The van der Waals surface area contributed by atoms with E-state index in [1.54, 1.807) is 6.08 Å². The van der Waals surface area contributed by atoms with E-state index in [4.69, 9.17) is 4.52 Å². The first-order valence-corrected chi connectivity index (χ1v) is 11.8. The second-order valence-corrected chi connectivity index (χ2v) is 8.81. The number of H-pyrrole nitrogens is 1. The number of carbonyl (C=O) groups excluding carboxylic acids is 1. The molecule has 0 spiro atoms. The molecule has 0 aliphatic carbocycles. The van der Waals surface area contributed by atoms with Crippen LogP contribution < -0.4 is 0 Å². The van der Waals surface area contributed by atoms with Crippen molar-refractivity contribution in [3.05, 3.63) is 83.1 Å². The van der Waals surface area contributed by atoms with Gasteiger partial charge in [0.25, 0.3) is 0 Å². The summed E-state index contributed by atoms with van der Waals surface area (Å²) in [6.07, 6.45) is 6.51. The van der Waals surface area contributed by atoms with E-state index < -0.39 is 0 Å². The van der Waals surface area contributed by atoms with E-state index in [9.17, 15) is 4.79 Å². The molecule has 6 heteroatoms. The Bertz CT molecular complexity index is 1320. The minimum absolute atomic E-state index is 0.344. The van der Waals surface area contributed by atoms with Crippen molar-refractivity contribution in [2.75, 3.05) is 20.2 Å². The number of esters is 1. The Balaban J connectivity index is 1.34. The summed E-state index contributed by atoms with van der Waals surface area (Å²) in [5.41, 5.74) is 6.64. The minimum Gasteiger partial charge on any atom is -0.466 e. The number of nitrogens with zero attached hydrogens (tertiary/aromatic N) is 2. The van der Waals surface area contributed by atoms with Gasteiger partial charge in [0.1, 0.15) is 11.5 Å². The third-order valence-electron chi connectivity index (χ3n) is 6.64. The van der Waals surface area contributed by atoms with Crippen molar-refractivity contribution >= 4 is 22.9 Å². The molecule has 0 radical (unpaired) electrons. The van der Waals surface area contributed by atoms with Crippen LogP contribution in [0.1, 0.15) is 41.3 Å². The number of hydrogen-bond donors (Lipinski definition) is 1. The molecule has 0 unspecified atom stereocenters. The normalized spacial score (nSPS) is 16.6. The van der Waals surface area contributed by atoms with Crippen LogP contribution in [0.2, 0.25) is 0 Å². The van der Waals surface area contributed by atoms with Crippen LogP contribution in [0, 0.1) is 6.92 Å². The molecule has 1 N–H and O–H groups in total. The van der Waals surface area contributed by atoms with Crippen molar-refractivity contribution in [3.8, 4) is 11.4 Å². The molecule has 0 bridgehead atoms. The lowest BCUT2D eigenvalue weighted by atomic mass is 10.0. The molecular formula is C28H29N3O3. The molecule has 1 saturated heterocycles. The highest BCUT2D eigenvalue weighted by molar-refractivity contribution is 5.90. The first kappa shape index (κ1) is 22.2. The molecule has 1 atom stereocenters. The predicted octanol–water partition coefficient (Wildman–Crippen LogP) is 5.70. The quantitative estimate of drug-likeness (QED) is 0.286. The van der Waals surface area contributed by atoms with Gasteiger partial charge in [0.05, 0.1) is 12.8 Å². The van der Waals surface area contributed by atoms with Gasteiger partial charge in [0, 0.05) is 35.6 Å². The zero-order valence-corrected chi connectivity index (χ0v) is 19.6. The van der Waals surface area contributed by atoms with Crippen molar-refractivity contribution < 1.29 is 14.1 Å². The first-order valence-electron chi connectivity index (χ1n) is 11.8. The Morgan fingerprint density at radius 1 is 1.24 bits per heavy atom. The zero-order chi connectivity index (χ0) is 23.5. The van der Waals surface area contributed by atoms with Crippen molar-refractivity contribution in [1.82, 2.24) is 15.0 Å². The largest absolute Gasteiger partial charge is 0.466 e. The molecule has 34 heavy (non-hydrogen) atoms. The van der Waals surface area contributed by atoms with Crippen molar-refractivity contribution in [1.29, 1.82) is 0 Å². The molecule has 1 aliphatic rings. The van der Waals surface area contributed by atoms with Crippen LogP contribution in [0.5, 0.6) is 0 Å². The van der Waals surface area contributed by atoms with Crippen LogP contribution in [0.15, 0.2) is 65.2 Å². The van der Waals surface area contributed by atoms with Gasteiger partial charge in [0.15, 0.2) is 0 Å². The van der Waals surface area contributed by atoms with Gasteiger partial charge in [-0.1, -0.05) is 47.6 Å². The van der Waals surface area contributed by atoms with Crippen LogP contribution in [0.3, 0.4) is 0 Å². The number of hydrogen-bond acceptors (Lipinski definition) is 5. The van der Waals surface area contributed by atoms with Gasteiger partial charge >= 0.3 is 5.97 Å². The summed E-state index contributed by atoms with van der Waals surface area (Å²) in [7, 11) is 1.39. The van der Waals surface area contributed by atoms with E-state index in [-0.39, 0.29) is 5.97 Å². The number of carbonyl (C=O) groups is 1. The molecule has 0 amide bonds. The van der Waals surface area contributed by atoms with Crippen LogP contribution in [0.4, 0.5) is 0 Å². The van der Waals surface area contributed by atoms with Crippen molar-refractivity contribution in [2.24, 2.45) is 0 Å². The molecule has 5 rings (SSSR count). The number of benzene rings is 2. The highest BCUT2D eigenvalue weighted by atomic mass is 16.5. The fourth-order valence-corrected chi connectivity index (χ4v) is 4.95. The number of ether oxygens (including phenoxy) is 1. The number of nitrogens with one attached hydrogen (secondary N) is 1. The Morgan fingerprint density at radius 3 is 2.82 bits per heavy atom. The third kappa shape index (κ3) is 4.54. The average Bonchev–Trinajstić information content (AvgIpc) is 3.59. The zero-order valence-electron chi connectivity index (χ0n) is 19.6. The molecule has 4 aromatic rings. The second-order valence-electron chi connectivity index (χ2n) is 8.81. The van der Waals surface area contributed by atoms with Gasteiger partial charge < -0.3 is 14.2 Å². The molecular weight excluding hydrogens is 426 g/mol. The fraction of sp³-hybridized carbons (Fsp3) is 0.286. The molecule has 2 aromatic carbocycles. The predicted molar refractivity (Wildman–Crippen MR) is 133 cm³/mol. The molecule has 0 saturated carbocycles. The Morgan fingerprint density at radius 2 is 2.06 bits per heavy atom. The summed E-state index contributed by atoms with van der Waals surface area (Å²) in [6, 6.07) is 19.3. The molecule has 2 aromatic heterocycles. The topological polar surface area (TPSA) is 71.4 Å². The monoisotopic (exact) mass is 455 g/mol. The van der Waals surface area contributed by atoms with Gasteiger partial charge in [-0.15, -0.1) is 0 Å². The van der Waals surface area contributed by atoms with Crippen LogP contribution in [-0.2, 0) is 16.0 Å². The van der Waals surface area contributed by atoms with E-state index in [0.29, 0.717) is 6.04 Å². The number of para-hydroxylation sites is 1. The van der Waals surface area contributed by atoms with Crippen molar-refractivity contribution in [2.45, 2.75) is 32.2 Å². The lowest BCUT2D eigenvalue weighted by Crippen LogP contribution is -2.25. The number of aryl methyl sites for hydroxylation is 1. The number of fused-ring (bicyclic) bond motifs is 1. The third-order valence-corrected chi connectivity index (χ3v) is 6.64. The number of aromatic nitrogens is 2. The number of likely N-dealkylation sites (tertiary alicyclic amines) is 1. The van der Waals surface area contributed by atoms with E-state index in [1.807, 2.05) is 13.0 Å². The van der Waals surface area contributed by atoms with Gasteiger partial charge in [0.2, 0.25) is 0 Å². The van der Waals surface area contributed by atoms with E-state index >= 15 is 0 Å². The summed E-state index contributed by atoms with van der Waals surface area (Å²) in [4.78, 5) is 17.5. The SMILES string of the molecule is COC(=O)/C=C/c1ccc([C@@H]2CCCN2CCc2c(-c3cc(C)on3)[nH]c3ccccc23)cc1. The Labute approximate surface area is 199 Å². The molecule has 1 fully saturated rings. The lowest BCUT2D eigenvalue weighted by molar-refractivity contribution is -0.134. The minimum atomic E-state index is -0.344. The maximum atomic E-state index is 11.3. The summed E-state index contributed by atoms with van der Waals surface area (Å²) in [5.74, 6) is 0.465. The standard InChI is InChI=1S/C28H29N3O3/c1-19-18-25(30-34-19)28-23(22-6-3-4-7-24(22)29-28)15-17-31-16-5-8-26(31)21-12-9-20(10-13-21)11-14-27(32)33-2/h3-4,6-7,9-14,18,26,29H,5,8,15-17H2,1-2H3/b14-11+/t26-/m0/s1. The summed E-state index contributed by atoms with van der Waals surface area (Å²) >= 11 is 0. The van der Waals surface area contributed by atoms with Gasteiger partial charge in [-0.25, -0.2) is 4.79 Å². The van der Waals surface area contributed by atoms with Crippen LogP contribution >= 0.6 is 0 Å². The Hall–Kier alpha value is -3.64. The smallest absolute Gasteiger partial charge is 0.330 e. The van der Waals surface area contributed by atoms with E-state index in [1.165, 1.54) is 36.1 Å². The summed E-state index contributed by atoms with van der Waals surface area (Å²) in [5, 5.41) is 5.52. The lowest BCUT2D eigenvalue weighted by Gasteiger charge is -2.25. The van der Waals surface area contributed by atoms with Crippen molar-refractivity contribution in [3.63, 3.8) is 0 Å². The van der Waals surface area contributed by atoms with Crippen LogP contribution in [0.25, 0.3) is 28.4 Å². The summed E-state index contributed by atoms with van der Waals surface area (Å²) < 4.78 is 10.0. The molecule has 174 valence electrons. The van der Waals surface area contributed by atoms with Gasteiger partial charge in [-0.3, -0.25) is 4.90 Å². The van der Waals surface area contributed by atoms with Gasteiger partial charge in [-0.05, 0) is 61.6 Å². The number of rotatable bonds is 7. The average molecular weight is 456 g/mol.